The van der Waals surface area contributed by atoms with Crippen LogP contribution in [0.3, 0.4) is 0 Å². The lowest BCUT2D eigenvalue weighted by Gasteiger charge is -2.13. The van der Waals surface area contributed by atoms with Crippen LogP contribution in [-0.2, 0) is 19.6 Å². The van der Waals surface area contributed by atoms with E-state index in [-0.39, 0.29) is 0 Å². The molecule has 1 aromatic heterocycles. The summed E-state index contributed by atoms with van der Waals surface area (Å²) in [5.74, 6) is 0.779. The van der Waals surface area contributed by atoms with Gasteiger partial charge in [-0.1, -0.05) is 17.7 Å². The molecule has 1 heterocycles. The van der Waals surface area contributed by atoms with Crippen molar-refractivity contribution >= 4 is 27.5 Å². The molecular weight excluding hydrogens is 354 g/mol. The minimum Gasteiger partial charge on any atom is -0.487 e. The lowest BCUT2D eigenvalue weighted by atomic mass is 10.1. The third-order valence-corrected chi connectivity index (χ3v) is 4.67. The van der Waals surface area contributed by atoms with E-state index < -0.39 is 0 Å². The lowest BCUT2D eigenvalue weighted by Crippen LogP contribution is -2.09. The first kappa shape index (κ1) is 16.3. The van der Waals surface area contributed by atoms with E-state index in [4.69, 9.17) is 22.1 Å². The second-order valence-electron chi connectivity index (χ2n) is 4.71. The molecule has 6 heteroatoms. The molecule has 0 aliphatic rings. The molecule has 0 aliphatic carbocycles. The number of hydrogen-bond acceptors (Lipinski definition) is 3. The van der Waals surface area contributed by atoms with Gasteiger partial charge >= 0.3 is 0 Å². The van der Waals surface area contributed by atoms with Crippen molar-refractivity contribution in [3.8, 4) is 5.75 Å². The van der Waals surface area contributed by atoms with E-state index in [0.717, 1.165) is 33.7 Å². The maximum absolute atomic E-state index is 6.22. The van der Waals surface area contributed by atoms with Crippen LogP contribution in [0.1, 0.15) is 23.9 Å². The van der Waals surface area contributed by atoms with Crippen LogP contribution in [0.25, 0.3) is 0 Å². The molecule has 4 nitrogen and oxygen atoms in total. The Morgan fingerprint density at radius 1 is 1.43 bits per heavy atom. The minimum atomic E-state index is 0.438. The van der Waals surface area contributed by atoms with Gasteiger partial charge in [0.25, 0.3) is 0 Å². The summed E-state index contributed by atoms with van der Waals surface area (Å²) in [6.07, 6.45) is 0.697. The van der Waals surface area contributed by atoms with Crippen molar-refractivity contribution in [2.75, 3.05) is 6.54 Å². The third-order valence-electron chi connectivity index (χ3n) is 3.29. The predicted octanol–water partition coefficient (Wildman–Crippen LogP) is 3.71. The zero-order valence-corrected chi connectivity index (χ0v) is 14.5. The Bertz CT molecular complexity index is 628. The van der Waals surface area contributed by atoms with Gasteiger partial charge in [0.15, 0.2) is 0 Å². The highest BCUT2D eigenvalue weighted by Gasteiger charge is 2.14. The average molecular weight is 373 g/mol. The smallest absolute Gasteiger partial charge is 0.131 e. The largest absolute Gasteiger partial charge is 0.487 e. The van der Waals surface area contributed by atoms with E-state index in [1.54, 1.807) is 0 Å². The molecule has 0 fully saturated rings. The number of hydrogen-bond donors (Lipinski definition) is 1. The topological polar surface area (TPSA) is 53.1 Å². The highest BCUT2D eigenvalue weighted by molar-refractivity contribution is 9.10. The van der Waals surface area contributed by atoms with Gasteiger partial charge in [0.1, 0.15) is 12.4 Å². The minimum absolute atomic E-state index is 0.438. The van der Waals surface area contributed by atoms with Crippen LogP contribution in [0.5, 0.6) is 5.75 Å². The molecule has 0 aliphatic heterocycles. The number of halogens is 2. The van der Waals surface area contributed by atoms with Gasteiger partial charge in [0, 0.05) is 17.1 Å². The van der Waals surface area contributed by atoms with Gasteiger partial charge in [-0.2, -0.15) is 5.10 Å². The standard InChI is InChI=1S/C15H19BrClN3O/c1-3-20-13(15(16)10(2)19-20)9-21-14-6-4-5-12(17)11(14)7-8-18/h4-6H,3,7-9,18H2,1-2H3. The number of benzene rings is 1. The molecular formula is C15H19BrClN3O. The Morgan fingerprint density at radius 3 is 2.86 bits per heavy atom. The van der Waals surface area contributed by atoms with Crippen molar-refractivity contribution < 1.29 is 4.74 Å². The second kappa shape index (κ2) is 7.29. The first-order chi connectivity index (χ1) is 10.1. The maximum Gasteiger partial charge on any atom is 0.131 e. The molecule has 0 bridgehead atoms. The van der Waals surface area contributed by atoms with Gasteiger partial charge < -0.3 is 10.5 Å². The Kier molecular flexibility index (Phi) is 5.67. The fourth-order valence-electron chi connectivity index (χ4n) is 2.21. The lowest BCUT2D eigenvalue weighted by molar-refractivity contribution is 0.289. The summed E-state index contributed by atoms with van der Waals surface area (Å²) in [5, 5.41) is 5.15. The van der Waals surface area contributed by atoms with Crippen LogP contribution in [-0.4, -0.2) is 16.3 Å². The Morgan fingerprint density at radius 2 is 2.19 bits per heavy atom. The summed E-state index contributed by atoms with van der Waals surface area (Å²) in [6.45, 7) is 5.81. The van der Waals surface area contributed by atoms with Crippen LogP contribution in [0.15, 0.2) is 22.7 Å². The summed E-state index contributed by atoms with van der Waals surface area (Å²) < 4.78 is 8.89. The molecule has 0 saturated heterocycles. The molecule has 0 saturated carbocycles. The van der Waals surface area contributed by atoms with Crippen molar-refractivity contribution in [2.45, 2.75) is 33.4 Å². The summed E-state index contributed by atoms with van der Waals surface area (Å²) in [7, 11) is 0. The average Bonchev–Trinajstić information content (AvgIpc) is 2.75. The molecule has 2 aromatic rings. The maximum atomic E-state index is 6.22. The Balaban J connectivity index is 2.23. The van der Waals surface area contributed by atoms with E-state index in [1.165, 1.54) is 0 Å². The third kappa shape index (κ3) is 3.59. The van der Waals surface area contributed by atoms with E-state index >= 15 is 0 Å². The molecule has 21 heavy (non-hydrogen) atoms. The Labute approximate surface area is 138 Å². The van der Waals surface area contributed by atoms with E-state index in [1.807, 2.05) is 29.8 Å². The van der Waals surface area contributed by atoms with Crippen molar-refractivity contribution in [1.29, 1.82) is 0 Å². The molecule has 1 aromatic carbocycles. The summed E-state index contributed by atoms with van der Waals surface area (Å²) in [5.41, 5.74) is 8.58. The summed E-state index contributed by atoms with van der Waals surface area (Å²) in [6, 6.07) is 5.66. The highest BCUT2D eigenvalue weighted by atomic mass is 79.9. The van der Waals surface area contributed by atoms with E-state index in [0.29, 0.717) is 24.6 Å². The number of ether oxygens (including phenoxy) is 1. The molecule has 114 valence electrons. The molecule has 0 atom stereocenters. The normalized spacial score (nSPS) is 10.9. The second-order valence-corrected chi connectivity index (χ2v) is 5.91. The van der Waals surface area contributed by atoms with Gasteiger partial charge in [0.05, 0.1) is 15.9 Å². The fourth-order valence-corrected chi connectivity index (χ4v) is 2.87. The van der Waals surface area contributed by atoms with Crippen molar-refractivity contribution in [1.82, 2.24) is 9.78 Å². The van der Waals surface area contributed by atoms with E-state index in [2.05, 4.69) is 28.0 Å². The number of aromatic nitrogens is 2. The number of nitrogens with zero attached hydrogens (tertiary/aromatic N) is 2. The molecule has 2 N–H and O–H groups in total. The van der Waals surface area contributed by atoms with Crippen LogP contribution in [0.2, 0.25) is 5.02 Å². The van der Waals surface area contributed by atoms with Crippen molar-refractivity contribution in [3.05, 3.63) is 44.6 Å². The molecule has 0 unspecified atom stereocenters. The number of rotatable bonds is 6. The van der Waals surface area contributed by atoms with Crippen LogP contribution >= 0.6 is 27.5 Å². The zero-order valence-electron chi connectivity index (χ0n) is 12.2. The summed E-state index contributed by atoms with van der Waals surface area (Å²) in [4.78, 5) is 0. The van der Waals surface area contributed by atoms with Gasteiger partial charge in [0.2, 0.25) is 0 Å². The monoisotopic (exact) mass is 371 g/mol. The van der Waals surface area contributed by atoms with Crippen molar-refractivity contribution in [3.63, 3.8) is 0 Å². The van der Waals surface area contributed by atoms with Crippen LogP contribution < -0.4 is 10.5 Å². The number of aryl methyl sites for hydroxylation is 2. The SMILES string of the molecule is CCn1nc(C)c(Br)c1COc1cccc(Cl)c1CCN. The van der Waals surface area contributed by atoms with Crippen LogP contribution in [0, 0.1) is 6.92 Å². The van der Waals surface area contributed by atoms with Crippen molar-refractivity contribution in [2.24, 2.45) is 5.73 Å². The van der Waals surface area contributed by atoms with E-state index in [9.17, 15) is 0 Å². The molecule has 0 amide bonds. The first-order valence-electron chi connectivity index (χ1n) is 6.90. The molecule has 0 radical (unpaired) electrons. The molecule has 2 rings (SSSR count). The molecule has 0 spiro atoms. The van der Waals surface area contributed by atoms with Gasteiger partial charge in [-0.3, -0.25) is 4.68 Å². The van der Waals surface area contributed by atoms with Gasteiger partial charge in [-0.25, -0.2) is 0 Å². The van der Waals surface area contributed by atoms with Gasteiger partial charge in [-0.15, -0.1) is 0 Å². The fraction of sp³-hybridized carbons (Fsp3) is 0.400. The Hall–Kier alpha value is -1.04. The van der Waals surface area contributed by atoms with Crippen LogP contribution in [0.4, 0.5) is 0 Å². The quantitative estimate of drug-likeness (QED) is 0.841. The summed E-state index contributed by atoms with van der Waals surface area (Å²) >= 11 is 9.79. The first-order valence-corrected chi connectivity index (χ1v) is 8.07. The number of nitrogens with two attached hydrogens (primary N) is 1. The highest BCUT2D eigenvalue weighted by Crippen LogP contribution is 2.29. The van der Waals surface area contributed by atoms with Gasteiger partial charge in [-0.05, 0) is 54.9 Å². The predicted molar refractivity (Wildman–Crippen MR) is 88.9 cm³/mol. The zero-order chi connectivity index (χ0) is 15.4.